The molecule has 0 bridgehead atoms. The third kappa shape index (κ3) is 5.22. The van der Waals surface area contributed by atoms with Crippen LogP contribution in [0.25, 0.3) is 11.3 Å². The van der Waals surface area contributed by atoms with Gasteiger partial charge in [0.25, 0.3) is 0 Å². The standard InChI is InChI=1S/C22H22N2O5/c1-27-18-9-8-15(12-17(18)22(26)28-2)13-23-20(25)10-11-21-24-14-19(29-21)16-6-4-3-5-7-16/h3-9,12,14H,10-11,13H2,1-2H3,(H,23,25). The maximum atomic E-state index is 12.2. The zero-order valence-electron chi connectivity index (χ0n) is 16.3. The molecule has 2 aromatic carbocycles. The summed E-state index contributed by atoms with van der Waals surface area (Å²) in [6, 6.07) is 14.8. The molecular formula is C22H22N2O5. The van der Waals surface area contributed by atoms with Gasteiger partial charge in [0.15, 0.2) is 11.7 Å². The van der Waals surface area contributed by atoms with Crippen molar-refractivity contribution in [3.8, 4) is 17.1 Å². The number of carbonyl (C=O) groups is 2. The number of carbonyl (C=O) groups excluding carboxylic acids is 2. The van der Waals surface area contributed by atoms with E-state index in [1.54, 1.807) is 24.4 Å². The number of aromatic nitrogens is 1. The molecule has 0 fully saturated rings. The number of oxazole rings is 1. The molecule has 1 amide bonds. The predicted octanol–water partition coefficient (Wildman–Crippen LogP) is 3.39. The molecule has 1 heterocycles. The lowest BCUT2D eigenvalue weighted by atomic mass is 10.1. The number of esters is 1. The molecule has 0 aliphatic carbocycles. The number of aryl methyl sites for hydroxylation is 1. The summed E-state index contributed by atoms with van der Waals surface area (Å²) in [5.41, 5.74) is 2.02. The average Bonchev–Trinajstić information content (AvgIpc) is 3.25. The smallest absolute Gasteiger partial charge is 0.341 e. The van der Waals surface area contributed by atoms with Crippen molar-refractivity contribution in [3.63, 3.8) is 0 Å². The molecule has 3 aromatic rings. The Hall–Kier alpha value is -3.61. The Labute approximate surface area is 168 Å². The minimum absolute atomic E-state index is 0.139. The van der Waals surface area contributed by atoms with Crippen LogP contribution >= 0.6 is 0 Å². The van der Waals surface area contributed by atoms with E-state index in [4.69, 9.17) is 13.9 Å². The first kappa shape index (κ1) is 20.1. The van der Waals surface area contributed by atoms with Crippen LogP contribution in [0.15, 0.2) is 59.1 Å². The Morgan fingerprint density at radius 3 is 2.62 bits per heavy atom. The fourth-order valence-electron chi connectivity index (χ4n) is 2.81. The zero-order valence-corrected chi connectivity index (χ0v) is 16.3. The van der Waals surface area contributed by atoms with Crippen molar-refractivity contribution in [2.75, 3.05) is 14.2 Å². The van der Waals surface area contributed by atoms with Crippen molar-refractivity contribution in [2.24, 2.45) is 0 Å². The van der Waals surface area contributed by atoms with Gasteiger partial charge in [-0.25, -0.2) is 9.78 Å². The Kier molecular flexibility index (Phi) is 6.63. The molecule has 0 spiro atoms. The van der Waals surface area contributed by atoms with Crippen molar-refractivity contribution in [1.82, 2.24) is 10.3 Å². The Balaban J connectivity index is 1.53. The molecule has 0 radical (unpaired) electrons. The number of hydrogen-bond acceptors (Lipinski definition) is 6. The third-order valence-electron chi connectivity index (χ3n) is 4.34. The van der Waals surface area contributed by atoms with Crippen LogP contribution in [0.1, 0.15) is 28.2 Å². The predicted molar refractivity (Wildman–Crippen MR) is 106 cm³/mol. The van der Waals surface area contributed by atoms with Gasteiger partial charge in [0.2, 0.25) is 5.91 Å². The molecule has 7 nitrogen and oxygen atoms in total. The highest BCUT2D eigenvalue weighted by Gasteiger charge is 2.14. The molecule has 0 saturated heterocycles. The second-order valence-corrected chi connectivity index (χ2v) is 6.29. The third-order valence-corrected chi connectivity index (χ3v) is 4.34. The van der Waals surface area contributed by atoms with Crippen LogP contribution in [0.2, 0.25) is 0 Å². The number of benzene rings is 2. The van der Waals surface area contributed by atoms with Gasteiger partial charge in [-0.15, -0.1) is 0 Å². The quantitative estimate of drug-likeness (QED) is 0.589. The molecule has 1 N–H and O–H groups in total. The van der Waals surface area contributed by atoms with Gasteiger partial charge in [-0.3, -0.25) is 4.79 Å². The normalized spacial score (nSPS) is 10.4. The van der Waals surface area contributed by atoms with E-state index in [1.165, 1.54) is 14.2 Å². The van der Waals surface area contributed by atoms with E-state index >= 15 is 0 Å². The summed E-state index contributed by atoms with van der Waals surface area (Å²) in [6.07, 6.45) is 2.30. The lowest BCUT2D eigenvalue weighted by Crippen LogP contribution is -2.23. The maximum absolute atomic E-state index is 12.2. The highest BCUT2D eigenvalue weighted by Crippen LogP contribution is 2.21. The van der Waals surface area contributed by atoms with Crippen molar-refractivity contribution in [3.05, 3.63) is 71.7 Å². The zero-order chi connectivity index (χ0) is 20.6. The van der Waals surface area contributed by atoms with E-state index in [0.717, 1.165) is 11.1 Å². The molecule has 3 rings (SSSR count). The topological polar surface area (TPSA) is 90.7 Å². The summed E-state index contributed by atoms with van der Waals surface area (Å²) in [5.74, 6) is 0.976. The maximum Gasteiger partial charge on any atom is 0.341 e. The molecule has 0 aliphatic rings. The van der Waals surface area contributed by atoms with Gasteiger partial charge in [-0.2, -0.15) is 0 Å². The molecule has 1 aromatic heterocycles. The average molecular weight is 394 g/mol. The molecule has 150 valence electrons. The van der Waals surface area contributed by atoms with Gasteiger partial charge >= 0.3 is 5.97 Å². The molecule has 7 heteroatoms. The monoisotopic (exact) mass is 394 g/mol. The first-order chi connectivity index (χ1) is 14.1. The Morgan fingerprint density at radius 1 is 1.10 bits per heavy atom. The van der Waals surface area contributed by atoms with E-state index in [2.05, 4.69) is 10.3 Å². The second kappa shape index (κ2) is 9.54. The molecule has 29 heavy (non-hydrogen) atoms. The van der Waals surface area contributed by atoms with Crippen molar-refractivity contribution in [2.45, 2.75) is 19.4 Å². The van der Waals surface area contributed by atoms with Crippen molar-refractivity contribution >= 4 is 11.9 Å². The van der Waals surface area contributed by atoms with E-state index in [9.17, 15) is 9.59 Å². The number of nitrogens with one attached hydrogen (secondary N) is 1. The van der Waals surface area contributed by atoms with Crippen molar-refractivity contribution < 1.29 is 23.5 Å². The lowest BCUT2D eigenvalue weighted by Gasteiger charge is -2.10. The van der Waals surface area contributed by atoms with E-state index in [-0.39, 0.29) is 18.9 Å². The number of methoxy groups -OCH3 is 2. The summed E-state index contributed by atoms with van der Waals surface area (Å²) >= 11 is 0. The number of rotatable bonds is 8. The largest absolute Gasteiger partial charge is 0.496 e. The highest BCUT2D eigenvalue weighted by molar-refractivity contribution is 5.92. The van der Waals surface area contributed by atoms with E-state index in [1.807, 2.05) is 30.3 Å². The Morgan fingerprint density at radius 2 is 1.90 bits per heavy atom. The lowest BCUT2D eigenvalue weighted by molar-refractivity contribution is -0.121. The minimum atomic E-state index is -0.492. The summed E-state index contributed by atoms with van der Waals surface area (Å²) in [5, 5.41) is 2.83. The van der Waals surface area contributed by atoms with Gasteiger partial charge in [-0.05, 0) is 17.7 Å². The number of hydrogen-bond donors (Lipinski definition) is 1. The van der Waals surface area contributed by atoms with E-state index < -0.39 is 5.97 Å². The van der Waals surface area contributed by atoms with E-state index in [0.29, 0.717) is 29.4 Å². The van der Waals surface area contributed by atoms with Gasteiger partial charge < -0.3 is 19.2 Å². The van der Waals surface area contributed by atoms with Gasteiger partial charge in [0.05, 0.1) is 20.4 Å². The fourth-order valence-corrected chi connectivity index (χ4v) is 2.81. The van der Waals surface area contributed by atoms with Crippen LogP contribution in [0, 0.1) is 0 Å². The first-order valence-corrected chi connectivity index (χ1v) is 9.12. The summed E-state index contributed by atoms with van der Waals surface area (Å²) in [6.45, 7) is 0.285. The highest BCUT2D eigenvalue weighted by atomic mass is 16.5. The second-order valence-electron chi connectivity index (χ2n) is 6.29. The van der Waals surface area contributed by atoms with Gasteiger partial charge in [-0.1, -0.05) is 36.4 Å². The van der Waals surface area contributed by atoms with Gasteiger partial charge in [0, 0.05) is 24.9 Å². The van der Waals surface area contributed by atoms with Crippen LogP contribution in [-0.4, -0.2) is 31.1 Å². The van der Waals surface area contributed by atoms with Crippen LogP contribution in [0.3, 0.4) is 0 Å². The molecular weight excluding hydrogens is 372 g/mol. The first-order valence-electron chi connectivity index (χ1n) is 9.12. The minimum Gasteiger partial charge on any atom is -0.496 e. The van der Waals surface area contributed by atoms with Crippen molar-refractivity contribution in [1.29, 1.82) is 0 Å². The summed E-state index contributed by atoms with van der Waals surface area (Å²) in [7, 11) is 2.79. The number of amides is 1. The van der Waals surface area contributed by atoms with Crippen LogP contribution < -0.4 is 10.1 Å². The van der Waals surface area contributed by atoms with Crippen LogP contribution in [0.5, 0.6) is 5.75 Å². The summed E-state index contributed by atoms with van der Waals surface area (Å²) < 4.78 is 15.6. The molecule has 0 unspecified atom stereocenters. The number of nitrogens with zero attached hydrogens (tertiary/aromatic N) is 1. The van der Waals surface area contributed by atoms with Crippen LogP contribution in [-0.2, 0) is 22.5 Å². The van der Waals surface area contributed by atoms with Crippen LogP contribution in [0.4, 0.5) is 0 Å². The summed E-state index contributed by atoms with van der Waals surface area (Å²) in [4.78, 5) is 28.2. The fraction of sp³-hybridized carbons (Fsp3) is 0.227. The Bertz CT molecular complexity index is 982. The molecule has 0 atom stereocenters. The van der Waals surface area contributed by atoms with Gasteiger partial charge in [0.1, 0.15) is 11.3 Å². The number of ether oxygens (including phenoxy) is 2. The SMILES string of the molecule is COC(=O)c1cc(CNC(=O)CCc2ncc(-c3ccccc3)o2)ccc1OC. The molecule has 0 saturated carbocycles. The molecule has 0 aliphatic heterocycles.